The van der Waals surface area contributed by atoms with Gasteiger partial charge in [0.1, 0.15) is 17.8 Å². The average Bonchev–Trinajstić information content (AvgIpc) is 1.54. The van der Waals surface area contributed by atoms with Crippen LogP contribution < -0.4 is 30.3 Å². The van der Waals surface area contributed by atoms with Crippen molar-refractivity contribution in [2.45, 2.75) is 142 Å². The third-order valence-electron chi connectivity index (χ3n) is 16.6. The number of aliphatic hydroxyl groups is 1. The standard InChI is InChI=1S/C68H75F2N9O10S3/c1-41-58(90-40-72-41)44-24-25-45(37-71-61(83)51-36-46(80)38-79(51)62(84)59(67(2,3)4)75-64(87)68(70)28-29-68)53(35-44)89-32-12-8-6-7-9-22-56(81)77(5)30-14-16-42-23-26-52(49(69)34-42)88-33-15-21-55-57(63(85)86)74-66(92-55)78-31-27-43-17-13-18-47(48(43)39-78)60(82)76-65-73-50-19-10-11-20-54(50)91-65/h10-11,13,17-20,23-26,34-35,40,46,51,59,80H,6-9,12,15,21-22,27-33,36-39H2,1-5H3,(H,71,83)(H,75,87)(H,85,86)(H,73,76,82)/t46-,51+,59-/m1/s1. The van der Waals surface area contributed by atoms with Gasteiger partial charge in [-0.15, -0.1) is 22.7 Å². The molecule has 0 bridgehead atoms. The van der Waals surface area contributed by atoms with Gasteiger partial charge in [-0.25, -0.2) is 28.5 Å². The fourth-order valence-electron chi connectivity index (χ4n) is 11.2. The van der Waals surface area contributed by atoms with Gasteiger partial charge in [-0.3, -0.25) is 29.3 Å². The van der Waals surface area contributed by atoms with Crippen LogP contribution in [0.25, 0.3) is 20.7 Å². The van der Waals surface area contributed by atoms with Crippen LogP contribution >= 0.6 is 34.0 Å². The second-order valence-electron chi connectivity index (χ2n) is 24.6. The number of amides is 5. The van der Waals surface area contributed by atoms with E-state index in [4.69, 9.17) is 9.47 Å². The van der Waals surface area contributed by atoms with Crippen LogP contribution in [0.4, 0.5) is 19.0 Å². The molecule has 3 aromatic heterocycles. The van der Waals surface area contributed by atoms with E-state index in [9.17, 15) is 43.4 Å². The number of aromatic carboxylic acids is 1. The highest BCUT2D eigenvalue weighted by molar-refractivity contribution is 7.22. The number of halogens is 2. The van der Waals surface area contributed by atoms with Gasteiger partial charge < -0.3 is 45.0 Å². The number of anilines is 2. The van der Waals surface area contributed by atoms with E-state index in [1.165, 1.54) is 51.0 Å². The number of nitrogens with one attached hydrogen (secondary N) is 3. The second-order valence-corrected chi connectivity index (χ2v) is 27.5. The van der Waals surface area contributed by atoms with Crippen LogP contribution in [0.15, 0.2) is 84.4 Å². The van der Waals surface area contributed by atoms with Crippen molar-refractivity contribution in [3.8, 4) is 33.8 Å². The number of nitrogens with zero attached hydrogens (tertiary/aromatic N) is 6. The Morgan fingerprint density at radius 3 is 2.43 bits per heavy atom. The number of carbonyl (C=O) groups excluding carboxylic acids is 5. The summed E-state index contributed by atoms with van der Waals surface area (Å²) in [5.74, 6) is 2.54. The number of likely N-dealkylation sites (tertiary alicyclic amines) is 1. The van der Waals surface area contributed by atoms with Gasteiger partial charge in [0.25, 0.3) is 11.8 Å². The van der Waals surface area contributed by atoms with E-state index in [1.54, 1.807) is 50.4 Å². The molecule has 4 aromatic carbocycles. The van der Waals surface area contributed by atoms with E-state index in [1.807, 2.05) is 66.4 Å². The number of alkyl halides is 1. The summed E-state index contributed by atoms with van der Waals surface area (Å²) < 4.78 is 43.1. The Hall–Kier alpha value is -8.37. The van der Waals surface area contributed by atoms with Crippen LogP contribution in [0.2, 0.25) is 0 Å². The van der Waals surface area contributed by atoms with Crippen molar-refractivity contribution in [1.29, 1.82) is 0 Å². The van der Waals surface area contributed by atoms with Crippen molar-refractivity contribution in [3.63, 3.8) is 0 Å². The monoisotopic (exact) mass is 1310 g/mol. The number of thiazole rings is 3. The number of aromatic nitrogens is 3. The molecule has 2 fully saturated rings. The molecule has 1 aliphatic carbocycles. The summed E-state index contributed by atoms with van der Waals surface area (Å²) in [6.45, 7) is 8.78. The molecule has 2 aliphatic heterocycles. The number of carboxylic acids is 1. The first-order valence-corrected chi connectivity index (χ1v) is 33.5. The Bertz CT molecular complexity index is 3910. The number of β-amino-alcohol motifs (C(OH)–C–C–N with tert-alkyl or cyclic N) is 1. The van der Waals surface area contributed by atoms with E-state index < -0.39 is 58.8 Å². The van der Waals surface area contributed by atoms with Crippen LogP contribution in [-0.2, 0) is 45.1 Å². The molecule has 92 heavy (non-hydrogen) atoms. The first-order valence-electron chi connectivity index (χ1n) is 31.0. The predicted molar refractivity (Wildman–Crippen MR) is 350 cm³/mol. The Balaban J connectivity index is 0.634. The molecule has 0 spiro atoms. The smallest absolute Gasteiger partial charge is 0.355 e. The average molecular weight is 1310 g/mol. The lowest BCUT2D eigenvalue weighted by Crippen LogP contribution is -2.59. The maximum absolute atomic E-state index is 15.3. The Morgan fingerprint density at radius 2 is 1.68 bits per heavy atom. The molecular weight excluding hydrogens is 1240 g/mol. The molecule has 5 N–H and O–H groups in total. The summed E-state index contributed by atoms with van der Waals surface area (Å²) in [7, 11) is 1.68. The molecule has 10 rings (SSSR count). The number of rotatable bonds is 26. The van der Waals surface area contributed by atoms with Gasteiger partial charge in [-0.05, 0) is 116 Å². The lowest BCUT2D eigenvalue weighted by Gasteiger charge is -2.35. The lowest BCUT2D eigenvalue weighted by molar-refractivity contribution is -0.145. The molecule has 1 saturated heterocycles. The number of fused-ring (bicyclic) bond motifs is 2. The molecule has 3 aliphatic rings. The summed E-state index contributed by atoms with van der Waals surface area (Å²) in [4.78, 5) is 99.4. The molecule has 7 aromatic rings. The third-order valence-corrected chi connectivity index (χ3v) is 19.7. The lowest BCUT2D eigenvalue weighted by atomic mass is 9.85. The topological polar surface area (TPSA) is 246 Å². The molecule has 5 amide bonds. The zero-order valence-corrected chi connectivity index (χ0v) is 54.5. The van der Waals surface area contributed by atoms with Gasteiger partial charge >= 0.3 is 5.97 Å². The molecule has 1 saturated carbocycles. The first kappa shape index (κ1) is 66.5. The van der Waals surface area contributed by atoms with E-state index in [2.05, 4.69) is 42.7 Å². The van der Waals surface area contributed by atoms with Gasteiger partial charge in [-0.2, -0.15) is 0 Å². The zero-order chi connectivity index (χ0) is 65.3. The molecule has 0 unspecified atom stereocenters. The van der Waals surface area contributed by atoms with Gasteiger partial charge in [0.15, 0.2) is 33.2 Å². The van der Waals surface area contributed by atoms with Gasteiger partial charge in [-0.1, -0.05) is 99.6 Å². The van der Waals surface area contributed by atoms with Crippen LogP contribution in [0.5, 0.6) is 11.5 Å². The van der Waals surface area contributed by atoms with Crippen molar-refractivity contribution in [2.24, 2.45) is 5.41 Å². The van der Waals surface area contributed by atoms with Gasteiger partial charge in [0, 0.05) is 67.6 Å². The van der Waals surface area contributed by atoms with E-state index in [0.717, 1.165) is 63.2 Å². The molecule has 24 heteroatoms. The highest BCUT2D eigenvalue weighted by Gasteiger charge is 2.53. The second kappa shape index (κ2) is 29.5. The molecule has 19 nitrogen and oxygen atoms in total. The van der Waals surface area contributed by atoms with Crippen molar-refractivity contribution in [1.82, 2.24) is 35.4 Å². The third kappa shape index (κ3) is 16.4. The van der Waals surface area contributed by atoms with Crippen LogP contribution in [0.1, 0.15) is 139 Å². The van der Waals surface area contributed by atoms with Crippen LogP contribution in [0, 0.1) is 30.0 Å². The number of benzene rings is 4. The molecule has 5 heterocycles. The Kier molecular flexibility index (Phi) is 21.3. The maximum atomic E-state index is 15.3. The minimum Gasteiger partial charge on any atom is -0.493 e. The summed E-state index contributed by atoms with van der Waals surface area (Å²) in [6, 6.07) is 21.4. The Labute approximate surface area is 545 Å². The summed E-state index contributed by atoms with van der Waals surface area (Å²) in [6.07, 6.45) is 4.92. The number of aryl methyl sites for hydroxylation is 2. The number of ether oxygens (including phenoxy) is 2. The quantitative estimate of drug-likeness (QED) is 0.0250. The van der Waals surface area contributed by atoms with E-state index in [-0.39, 0.29) is 68.8 Å². The van der Waals surface area contributed by atoms with E-state index >= 15 is 4.39 Å². The highest BCUT2D eigenvalue weighted by atomic mass is 32.1. The fourth-order valence-corrected chi connectivity index (χ4v) is 14.0. The predicted octanol–water partition coefficient (Wildman–Crippen LogP) is 10.7. The number of hydrogen-bond acceptors (Lipinski definition) is 16. The number of para-hydroxylation sites is 1. The Morgan fingerprint density at radius 1 is 0.913 bits per heavy atom. The minimum absolute atomic E-state index is 0.00307. The SMILES string of the molecule is Cc1ncsc1-c1ccc(CNC(=O)[C@@H]2C[C@@H](O)CN2C(=O)[C@@H](NC(=O)C2(F)CC2)C(C)(C)C)c(OCCCCCCCC(=O)N(C)CC#Cc2ccc(OCCCc3sc(N4CCc5cccc(C(=O)Nc6nc7ccccc7s6)c5C4)nc3C(=O)O)c(F)c2)c1. The molecular formula is C68H75F2N9O10S3. The number of hydrogen-bond donors (Lipinski definition) is 5. The largest absolute Gasteiger partial charge is 0.493 e. The number of aliphatic hydroxyl groups excluding tert-OH is 1. The summed E-state index contributed by atoms with van der Waals surface area (Å²) >= 11 is 4.20. The number of carboxylic acid groups (broad SMARTS) is 1. The summed E-state index contributed by atoms with van der Waals surface area (Å²) in [5, 5.41) is 30.3. The normalized spacial score (nSPS) is 16.0. The molecule has 484 valence electrons. The number of unbranched alkanes of at least 4 members (excludes halogenated alkanes) is 4. The van der Waals surface area contributed by atoms with Crippen molar-refractivity contribution in [3.05, 3.63) is 134 Å². The van der Waals surface area contributed by atoms with Crippen LogP contribution in [-0.4, -0.2) is 134 Å². The fraction of sp³-hybridized carbons (Fsp3) is 0.426. The van der Waals surface area contributed by atoms with Gasteiger partial charge in [0.05, 0.1) is 52.2 Å². The van der Waals surface area contributed by atoms with Crippen molar-refractivity contribution >= 4 is 90.0 Å². The molecule has 3 atom stereocenters. The highest BCUT2D eigenvalue weighted by Crippen LogP contribution is 2.41. The van der Waals surface area contributed by atoms with Crippen molar-refractivity contribution < 1.29 is 57.2 Å². The minimum atomic E-state index is -1.99. The molecule has 0 radical (unpaired) electrons. The zero-order valence-electron chi connectivity index (χ0n) is 52.1. The van der Waals surface area contributed by atoms with Crippen molar-refractivity contribution in [2.75, 3.05) is 50.1 Å². The van der Waals surface area contributed by atoms with E-state index in [0.29, 0.717) is 89.4 Å². The number of carbonyl (C=O) groups is 6. The first-order chi connectivity index (χ1) is 44.1. The summed E-state index contributed by atoms with van der Waals surface area (Å²) in [5.41, 5.74) is 5.06. The van der Waals surface area contributed by atoms with Gasteiger partial charge in [0.2, 0.25) is 17.7 Å². The maximum Gasteiger partial charge on any atom is 0.355 e. The van der Waals surface area contributed by atoms with Crippen LogP contribution in [0.3, 0.4) is 0 Å².